The van der Waals surface area contributed by atoms with E-state index in [0.717, 1.165) is 3.57 Å². The number of amides is 1. The zero-order valence-electron chi connectivity index (χ0n) is 22.3. The Morgan fingerprint density at radius 1 is 1.24 bits per heavy atom. The fourth-order valence-corrected chi connectivity index (χ4v) is 4.97. The molecule has 0 fully saturated rings. The Morgan fingerprint density at radius 2 is 1.95 bits per heavy atom. The van der Waals surface area contributed by atoms with Crippen molar-refractivity contribution < 1.29 is 18.4 Å². The van der Waals surface area contributed by atoms with Crippen molar-refractivity contribution in [3.05, 3.63) is 61.8 Å². The van der Waals surface area contributed by atoms with Gasteiger partial charge in [-0.3, -0.25) is 24.0 Å². The standard InChI is InChI=1S/C26H34FIN4O4Si/c1-8-32(35-14-15-36-37(6,7)26(2,3)4)25(34)21-22-18(10-9-13-29-22)24(33)31(5)23(21)30-20-12-11-17(28)16-19(20)27/h9-13,16,30H,8,14-15H2,1-7H3. The van der Waals surface area contributed by atoms with Gasteiger partial charge in [0.2, 0.25) is 0 Å². The van der Waals surface area contributed by atoms with E-state index in [1.807, 2.05) is 22.6 Å². The molecule has 11 heteroatoms. The van der Waals surface area contributed by atoms with Gasteiger partial charge in [0.15, 0.2) is 8.32 Å². The lowest BCUT2D eigenvalue weighted by atomic mass is 10.1. The molecule has 3 rings (SSSR count). The highest BCUT2D eigenvalue weighted by molar-refractivity contribution is 14.1. The van der Waals surface area contributed by atoms with Crippen molar-refractivity contribution in [1.82, 2.24) is 14.6 Å². The van der Waals surface area contributed by atoms with Crippen LogP contribution in [0.15, 0.2) is 41.3 Å². The largest absolute Gasteiger partial charge is 0.414 e. The second-order valence-corrected chi connectivity index (χ2v) is 16.2. The number of carbonyl (C=O) groups excluding carboxylic acids is 1. The first-order valence-corrected chi connectivity index (χ1v) is 16.1. The van der Waals surface area contributed by atoms with Crippen LogP contribution in [-0.2, 0) is 16.3 Å². The Morgan fingerprint density at radius 3 is 2.57 bits per heavy atom. The number of rotatable bonds is 9. The lowest BCUT2D eigenvalue weighted by Crippen LogP contribution is -2.42. The highest BCUT2D eigenvalue weighted by atomic mass is 127. The van der Waals surface area contributed by atoms with E-state index in [4.69, 9.17) is 9.26 Å². The van der Waals surface area contributed by atoms with Crippen molar-refractivity contribution in [2.75, 3.05) is 25.1 Å². The molecule has 1 aromatic carbocycles. The van der Waals surface area contributed by atoms with Gasteiger partial charge < -0.3 is 9.74 Å². The molecular formula is C26H34FIN4O4Si. The normalized spacial score (nSPS) is 12.1. The monoisotopic (exact) mass is 640 g/mol. The summed E-state index contributed by atoms with van der Waals surface area (Å²) in [6, 6.07) is 7.90. The first-order valence-electron chi connectivity index (χ1n) is 12.1. The number of pyridine rings is 2. The van der Waals surface area contributed by atoms with Crippen LogP contribution < -0.4 is 10.9 Å². The smallest absolute Gasteiger partial charge is 0.283 e. The Labute approximate surface area is 231 Å². The molecular weight excluding hydrogens is 606 g/mol. The molecule has 0 saturated carbocycles. The van der Waals surface area contributed by atoms with Crippen LogP contribution in [0.5, 0.6) is 0 Å². The highest BCUT2D eigenvalue weighted by Gasteiger charge is 2.37. The van der Waals surface area contributed by atoms with Crippen molar-refractivity contribution in [2.45, 2.75) is 45.8 Å². The van der Waals surface area contributed by atoms with Gasteiger partial charge in [-0.2, -0.15) is 0 Å². The molecule has 0 aliphatic rings. The summed E-state index contributed by atoms with van der Waals surface area (Å²) in [6.07, 6.45) is 1.51. The zero-order chi connectivity index (χ0) is 27.5. The summed E-state index contributed by atoms with van der Waals surface area (Å²) in [6.45, 7) is 13.3. The van der Waals surface area contributed by atoms with Gasteiger partial charge in [0.25, 0.3) is 11.5 Å². The van der Waals surface area contributed by atoms with Crippen LogP contribution in [0.3, 0.4) is 0 Å². The van der Waals surface area contributed by atoms with Gasteiger partial charge in [-0.15, -0.1) is 0 Å². The van der Waals surface area contributed by atoms with Crippen LogP contribution in [0.4, 0.5) is 15.9 Å². The summed E-state index contributed by atoms with van der Waals surface area (Å²) in [7, 11) is -0.437. The molecule has 0 bridgehead atoms. The number of fused-ring (bicyclic) bond motifs is 1. The van der Waals surface area contributed by atoms with Crippen molar-refractivity contribution in [2.24, 2.45) is 7.05 Å². The van der Waals surface area contributed by atoms with Crippen LogP contribution in [0, 0.1) is 9.39 Å². The number of nitrogens with one attached hydrogen (secondary N) is 1. The van der Waals surface area contributed by atoms with Gasteiger partial charge in [0.05, 0.1) is 29.8 Å². The van der Waals surface area contributed by atoms with E-state index in [0.29, 0.717) is 6.61 Å². The summed E-state index contributed by atoms with van der Waals surface area (Å²) in [5.74, 6) is -0.881. The molecule has 8 nitrogen and oxygen atoms in total. The second-order valence-electron chi connectivity index (χ2n) is 10.2. The third-order valence-electron chi connectivity index (χ3n) is 6.66. The minimum Gasteiger partial charge on any atom is -0.414 e. The molecule has 0 aliphatic heterocycles. The molecule has 0 saturated heterocycles. The molecule has 1 amide bonds. The lowest BCUT2D eigenvalue weighted by Gasteiger charge is -2.36. The number of hydrogen-bond acceptors (Lipinski definition) is 6. The van der Waals surface area contributed by atoms with Crippen molar-refractivity contribution in [1.29, 1.82) is 0 Å². The zero-order valence-corrected chi connectivity index (χ0v) is 25.5. The van der Waals surface area contributed by atoms with E-state index < -0.39 is 20.0 Å². The van der Waals surface area contributed by atoms with Crippen LogP contribution in [-0.4, -0.2) is 48.6 Å². The van der Waals surface area contributed by atoms with Gasteiger partial charge >= 0.3 is 0 Å². The summed E-state index contributed by atoms with van der Waals surface area (Å²) in [4.78, 5) is 37.1. The van der Waals surface area contributed by atoms with Gasteiger partial charge in [-0.1, -0.05) is 20.8 Å². The molecule has 200 valence electrons. The Kier molecular flexibility index (Phi) is 9.14. The number of hydrogen-bond donors (Lipinski definition) is 1. The van der Waals surface area contributed by atoms with Gasteiger partial charge in [0.1, 0.15) is 17.2 Å². The highest BCUT2D eigenvalue weighted by Crippen LogP contribution is 2.36. The van der Waals surface area contributed by atoms with Crippen LogP contribution >= 0.6 is 22.6 Å². The van der Waals surface area contributed by atoms with E-state index in [1.165, 1.54) is 28.9 Å². The number of anilines is 2. The molecule has 2 heterocycles. The summed E-state index contributed by atoms with van der Waals surface area (Å²) >= 11 is 2.01. The van der Waals surface area contributed by atoms with Gasteiger partial charge in [-0.05, 0) is 78.0 Å². The maximum Gasteiger partial charge on any atom is 0.283 e. The third kappa shape index (κ3) is 6.39. The first kappa shape index (κ1) is 29.2. The van der Waals surface area contributed by atoms with Crippen molar-refractivity contribution >= 4 is 59.2 Å². The van der Waals surface area contributed by atoms with Crippen LogP contribution in [0.1, 0.15) is 38.1 Å². The number of hydroxylamine groups is 2. The molecule has 0 atom stereocenters. The number of aromatic nitrogens is 2. The Hall–Kier alpha value is -2.35. The van der Waals surface area contributed by atoms with Gasteiger partial charge in [-0.25, -0.2) is 9.45 Å². The number of benzene rings is 1. The number of carbonyl (C=O) groups is 1. The summed E-state index contributed by atoms with van der Waals surface area (Å²) in [5.41, 5.74) is 0.0951. The quantitative estimate of drug-likeness (QED) is 0.137. The van der Waals surface area contributed by atoms with Gasteiger partial charge in [0, 0.05) is 23.4 Å². The molecule has 0 unspecified atom stereocenters. The summed E-state index contributed by atoms with van der Waals surface area (Å²) in [5, 5.41) is 4.51. The second kappa shape index (κ2) is 11.6. The summed E-state index contributed by atoms with van der Waals surface area (Å²) < 4.78 is 22.9. The number of halogens is 2. The predicted octanol–water partition coefficient (Wildman–Crippen LogP) is 5.84. The molecule has 3 aromatic rings. The topological polar surface area (TPSA) is 85.7 Å². The van der Waals surface area contributed by atoms with E-state index in [-0.39, 0.29) is 51.7 Å². The van der Waals surface area contributed by atoms with E-state index in [2.05, 4.69) is 44.2 Å². The minimum absolute atomic E-state index is 0.0536. The van der Waals surface area contributed by atoms with Crippen LogP contribution in [0.2, 0.25) is 18.1 Å². The Balaban J connectivity index is 1.98. The van der Waals surface area contributed by atoms with Crippen LogP contribution in [0.25, 0.3) is 10.9 Å². The first-order chi connectivity index (χ1) is 17.3. The average molecular weight is 641 g/mol. The fraction of sp³-hybridized carbons (Fsp3) is 0.423. The maximum absolute atomic E-state index is 14.7. The molecule has 0 radical (unpaired) electrons. The molecule has 37 heavy (non-hydrogen) atoms. The average Bonchev–Trinajstić information content (AvgIpc) is 2.83. The molecule has 0 spiro atoms. The van der Waals surface area contributed by atoms with Crippen molar-refractivity contribution in [3.63, 3.8) is 0 Å². The van der Waals surface area contributed by atoms with E-state index in [1.54, 1.807) is 31.2 Å². The minimum atomic E-state index is -1.97. The molecule has 1 N–H and O–H groups in total. The molecule has 0 aliphatic carbocycles. The Bertz CT molecular complexity index is 1360. The predicted molar refractivity (Wildman–Crippen MR) is 155 cm³/mol. The lowest BCUT2D eigenvalue weighted by molar-refractivity contribution is -0.127. The fourth-order valence-electron chi connectivity index (χ4n) is 3.49. The number of nitrogens with zero attached hydrogens (tertiary/aromatic N) is 3. The van der Waals surface area contributed by atoms with E-state index in [9.17, 15) is 14.0 Å². The van der Waals surface area contributed by atoms with Crippen molar-refractivity contribution in [3.8, 4) is 0 Å². The molecule has 2 aromatic heterocycles. The third-order valence-corrected chi connectivity index (χ3v) is 11.9. The van der Waals surface area contributed by atoms with E-state index >= 15 is 0 Å². The maximum atomic E-state index is 14.7. The SMILES string of the molecule is CCN(OCCO[Si](C)(C)C(C)(C)C)C(=O)c1c(Nc2ccc(I)cc2F)n(C)c(=O)c2cccnc12.